The van der Waals surface area contributed by atoms with Crippen molar-refractivity contribution in [3.8, 4) is 11.5 Å². The number of aromatic nitrogens is 1. The van der Waals surface area contributed by atoms with E-state index in [4.69, 9.17) is 9.47 Å². The van der Waals surface area contributed by atoms with Crippen molar-refractivity contribution in [2.75, 3.05) is 7.11 Å². The van der Waals surface area contributed by atoms with Crippen LogP contribution in [0.3, 0.4) is 0 Å². The van der Waals surface area contributed by atoms with Crippen LogP contribution in [0.1, 0.15) is 34.6 Å². The molecule has 1 amide bonds. The highest BCUT2D eigenvalue weighted by molar-refractivity contribution is 7.07. The molecule has 0 radical (unpaired) electrons. The number of para-hydroxylation sites is 1. The number of nitrogens with zero attached hydrogens (tertiary/aromatic N) is 1. The number of hydrogen-bond acceptors (Lipinski definition) is 5. The van der Waals surface area contributed by atoms with Gasteiger partial charge in [0.1, 0.15) is 18.1 Å². The average Bonchev–Trinajstić information content (AvgIpc) is 3.20. The SMILES string of the molecule is COc1ccccc1[C@@H](C)NC(=O)c1ccc(OCc2cscn2)cc1. The number of methoxy groups -OCH3 is 1. The molecule has 0 unspecified atom stereocenters. The minimum absolute atomic E-state index is 0.144. The van der Waals surface area contributed by atoms with Crippen LogP contribution in [0.2, 0.25) is 0 Å². The fourth-order valence-electron chi connectivity index (χ4n) is 2.55. The van der Waals surface area contributed by atoms with E-state index in [9.17, 15) is 4.79 Å². The Morgan fingerprint density at radius 1 is 1.19 bits per heavy atom. The Balaban J connectivity index is 1.60. The number of rotatable bonds is 7. The Morgan fingerprint density at radius 3 is 2.65 bits per heavy atom. The first-order valence-corrected chi connectivity index (χ1v) is 9.15. The van der Waals surface area contributed by atoms with Crippen LogP contribution >= 0.6 is 11.3 Å². The predicted octanol–water partition coefficient (Wildman–Crippen LogP) is 4.22. The first-order chi connectivity index (χ1) is 12.7. The highest BCUT2D eigenvalue weighted by Gasteiger charge is 2.14. The third-order valence-corrected chi connectivity index (χ3v) is 4.58. The van der Waals surface area contributed by atoms with Crippen molar-refractivity contribution in [1.82, 2.24) is 10.3 Å². The molecular formula is C20H20N2O3S. The van der Waals surface area contributed by atoms with E-state index >= 15 is 0 Å². The Labute approximate surface area is 156 Å². The van der Waals surface area contributed by atoms with Gasteiger partial charge in [0, 0.05) is 16.5 Å². The molecule has 0 aliphatic heterocycles. The van der Waals surface area contributed by atoms with Crippen molar-refractivity contribution in [2.24, 2.45) is 0 Å². The number of amides is 1. The van der Waals surface area contributed by atoms with Crippen LogP contribution < -0.4 is 14.8 Å². The molecule has 1 N–H and O–H groups in total. The molecular weight excluding hydrogens is 348 g/mol. The van der Waals surface area contributed by atoms with E-state index in [0.717, 1.165) is 17.0 Å². The summed E-state index contributed by atoms with van der Waals surface area (Å²) in [4.78, 5) is 16.7. The van der Waals surface area contributed by atoms with Gasteiger partial charge in [0.25, 0.3) is 5.91 Å². The summed E-state index contributed by atoms with van der Waals surface area (Å²) < 4.78 is 11.0. The van der Waals surface area contributed by atoms with E-state index in [0.29, 0.717) is 17.9 Å². The lowest BCUT2D eigenvalue weighted by Gasteiger charge is -2.17. The lowest BCUT2D eigenvalue weighted by atomic mass is 10.1. The lowest BCUT2D eigenvalue weighted by molar-refractivity contribution is 0.0939. The summed E-state index contributed by atoms with van der Waals surface area (Å²) in [6.07, 6.45) is 0. The summed E-state index contributed by atoms with van der Waals surface area (Å²) in [6, 6.07) is 14.6. The van der Waals surface area contributed by atoms with Crippen LogP contribution in [0.5, 0.6) is 11.5 Å². The lowest BCUT2D eigenvalue weighted by Crippen LogP contribution is -2.26. The zero-order valence-corrected chi connectivity index (χ0v) is 15.5. The maximum atomic E-state index is 12.5. The van der Waals surface area contributed by atoms with E-state index in [2.05, 4.69) is 10.3 Å². The van der Waals surface area contributed by atoms with Gasteiger partial charge in [0.2, 0.25) is 0 Å². The van der Waals surface area contributed by atoms with Crippen LogP contribution in [0.25, 0.3) is 0 Å². The van der Waals surface area contributed by atoms with Crippen LogP contribution in [0, 0.1) is 0 Å². The summed E-state index contributed by atoms with van der Waals surface area (Å²) in [5, 5.41) is 4.94. The molecule has 0 bridgehead atoms. The molecule has 0 aliphatic rings. The second kappa shape index (κ2) is 8.49. The first kappa shape index (κ1) is 17.9. The van der Waals surface area contributed by atoms with Crippen molar-refractivity contribution < 1.29 is 14.3 Å². The third-order valence-electron chi connectivity index (χ3n) is 3.94. The predicted molar refractivity (Wildman–Crippen MR) is 102 cm³/mol. The zero-order chi connectivity index (χ0) is 18.4. The third kappa shape index (κ3) is 4.40. The molecule has 1 aromatic heterocycles. The Morgan fingerprint density at radius 2 is 1.96 bits per heavy atom. The first-order valence-electron chi connectivity index (χ1n) is 8.21. The van der Waals surface area contributed by atoms with Gasteiger partial charge in [-0.15, -0.1) is 11.3 Å². The van der Waals surface area contributed by atoms with Crippen molar-refractivity contribution in [3.63, 3.8) is 0 Å². The number of ether oxygens (including phenoxy) is 2. The van der Waals surface area contributed by atoms with Gasteiger partial charge >= 0.3 is 0 Å². The second-order valence-corrected chi connectivity index (χ2v) is 6.45. The summed E-state index contributed by atoms with van der Waals surface area (Å²) in [5.41, 5.74) is 4.18. The van der Waals surface area contributed by atoms with E-state index in [-0.39, 0.29) is 11.9 Å². The summed E-state index contributed by atoms with van der Waals surface area (Å²) in [6.45, 7) is 2.35. The highest BCUT2D eigenvalue weighted by atomic mass is 32.1. The maximum absolute atomic E-state index is 12.5. The van der Waals surface area contributed by atoms with Crippen molar-refractivity contribution in [1.29, 1.82) is 0 Å². The van der Waals surface area contributed by atoms with Gasteiger partial charge in [-0.05, 0) is 37.3 Å². The fraction of sp³-hybridized carbons (Fsp3) is 0.200. The standard InChI is InChI=1S/C20H20N2O3S/c1-14(18-5-3-4-6-19(18)24-2)22-20(23)15-7-9-17(10-8-15)25-11-16-12-26-13-21-16/h3-10,12-14H,11H2,1-2H3,(H,22,23)/t14-/m1/s1. The normalized spacial score (nSPS) is 11.6. The van der Waals surface area contributed by atoms with Crippen LogP contribution in [-0.2, 0) is 6.61 Å². The van der Waals surface area contributed by atoms with Crippen LogP contribution in [0.4, 0.5) is 0 Å². The van der Waals surface area contributed by atoms with Crippen molar-refractivity contribution in [3.05, 3.63) is 76.2 Å². The van der Waals surface area contributed by atoms with Gasteiger partial charge in [-0.3, -0.25) is 4.79 Å². The largest absolute Gasteiger partial charge is 0.496 e. The molecule has 134 valence electrons. The van der Waals surface area contributed by atoms with Gasteiger partial charge in [-0.1, -0.05) is 18.2 Å². The Bertz CT molecular complexity index is 848. The van der Waals surface area contributed by atoms with E-state index in [1.165, 1.54) is 11.3 Å². The smallest absolute Gasteiger partial charge is 0.251 e. The van der Waals surface area contributed by atoms with E-state index < -0.39 is 0 Å². The molecule has 1 atom stereocenters. The maximum Gasteiger partial charge on any atom is 0.251 e. The quantitative estimate of drug-likeness (QED) is 0.678. The van der Waals surface area contributed by atoms with Gasteiger partial charge in [0.15, 0.2) is 0 Å². The molecule has 0 saturated carbocycles. The number of carbonyl (C=O) groups excluding carboxylic acids is 1. The minimum Gasteiger partial charge on any atom is -0.496 e. The Hall–Kier alpha value is -2.86. The zero-order valence-electron chi connectivity index (χ0n) is 14.6. The topological polar surface area (TPSA) is 60.5 Å². The molecule has 1 heterocycles. The molecule has 3 aromatic rings. The molecule has 0 fully saturated rings. The van der Waals surface area contributed by atoms with Gasteiger partial charge in [-0.2, -0.15) is 0 Å². The number of hydrogen-bond donors (Lipinski definition) is 1. The number of carbonyl (C=O) groups is 1. The number of nitrogens with one attached hydrogen (secondary N) is 1. The average molecular weight is 368 g/mol. The molecule has 26 heavy (non-hydrogen) atoms. The van der Waals surface area contributed by atoms with Gasteiger partial charge in [0.05, 0.1) is 24.4 Å². The molecule has 0 spiro atoms. The monoisotopic (exact) mass is 368 g/mol. The van der Waals surface area contributed by atoms with Gasteiger partial charge < -0.3 is 14.8 Å². The van der Waals surface area contributed by atoms with Crippen molar-refractivity contribution >= 4 is 17.2 Å². The number of benzene rings is 2. The van der Waals surface area contributed by atoms with Gasteiger partial charge in [-0.25, -0.2) is 4.98 Å². The summed E-state index contributed by atoms with van der Waals surface area (Å²) >= 11 is 1.53. The van der Waals surface area contributed by atoms with E-state index in [1.807, 2.05) is 36.6 Å². The van der Waals surface area contributed by atoms with E-state index in [1.54, 1.807) is 36.9 Å². The Kier molecular flexibility index (Phi) is 5.86. The second-order valence-electron chi connectivity index (χ2n) is 5.73. The summed E-state index contributed by atoms with van der Waals surface area (Å²) in [7, 11) is 1.62. The minimum atomic E-state index is -0.167. The molecule has 3 rings (SSSR count). The van der Waals surface area contributed by atoms with Crippen LogP contribution in [0.15, 0.2) is 59.4 Å². The molecule has 6 heteroatoms. The highest BCUT2D eigenvalue weighted by Crippen LogP contribution is 2.24. The van der Waals surface area contributed by atoms with Crippen LogP contribution in [-0.4, -0.2) is 18.0 Å². The molecule has 5 nitrogen and oxygen atoms in total. The molecule has 0 aliphatic carbocycles. The fourth-order valence-corrected chi connectivity index (χ4v) is 3.09. The molecule has 2 aromatic carbocycles. The van der Waals surface area contributed by atoms with Crippen molar-refractivity contribution in [2.45, 2.75) is 19.6 Å². The summed E-state index contributed by atoms with van der Waals surface area (Å²) in [5.74, 6) is 1.31. The number of thiazole rings is 1. The molecule has 0 saturated heterocycles.